The number of hydrogen-bond acceptors (Lipinski definition) is 5. The molecule has 0 aromatic heterocycles. The molecule has 0 unspecified atom stereocenters. The van der Waals surface area contributed by atoms with Crippen LogP contribution in [-0.4, -0.2) is 24.2 Å². The van der Waals surface area contributed by atoms with Crippen LogP contribution in [0.15, 0.2) is 23.2 Å². The van der Waals surface area contributed by atoms with Gasteiger partial charge in [0, 0.05) is 17.2 Å². The largest absolute Gasteiger partial charge is 0.399 e. The summed E-state index contributed by atoms with van der Waals surface area (Å²) in [6.07, 6.45) is -0.608. The van der Waals surface area contributed by atoms with Crippen molar-refractivity contribution in [3.8, 4) is 6.07 Å². The van der Waals surface area contributed by atoms with Gasteiger partial charge in [0.25, 0.3) is 0 Å². The number of alkyl halides is 1. The van der Waals surface area contributed by atoms with Gasteiger partial charge in [-0.1, -0.05) is 0 Å². The van der Waals surface area contributed by atoms with E-state index in [0.717, 1.165) is 0 Å². The molecule has 1 aromatic rings. The Bertz CT molecular complexity index is 782. The van der Waals surface area contributed by atoms with Crippen LogP contribution in [0.2, 0.25) is 0 Å². The van der Waals surface area contributed by atoms with Crippen LogP contribution in [0.1, 0.15) is 32.8 Å². The van der Waals surface area contributed by atoms with Crippen LogP contribution in [0, 0.1) is 28.5 Å². The standard InChI is InChI=1S/C18H22F2N4O/c1-16(2,20)14-12-7-17(3,8-21)15(23)24-18(12,9-25-14)11-6-10(22)4-5-13(11)19/h4-6,12,14H,7,9,22H2,1-3H3,(H2,23,24)/t12-,14+,17+,18-/m1/s1. The predicted molar refractivity (Wildman–Crippen MR) is 90.9 cm³/mol. The van der Waals surface area contributed by atoms with E-state index in [1.54, 1.807) is 6.92 Å². The fourth-order valence-electron chi connectivity index (χ4n) is 3.96. The second-order valence-electron chi connectivity index (χ2n) is 7.71. The van der Waals surface area contributed by atoms with Gasteiger partial charge < -0.3 is 16.2 Å². The lowest BCUT2D eigenvalue weighted by molar-refractivity contribution is -0.0285. The molecule has 4 N–H and O–H groups in total. The predicted octanol–water partition coefficient (Wildman–Crippen LogP) is 2.66. The number of benzene rings is 1. The van der Waals surface area contributed by atoms with Crippen LogP contribution in [0.5, 0.6) is 0 Å². The molecule has 7 heteroatoms. The highest BCUT2D eigenvalue weighted by molar-refractivity contribution is 5.90. The van der Waals surface area contributed by atoms with E-state index >= 15 is 0 Å². The molecular formula is C18H22F2N4O. The number of amidine groups is 1. The monoisotopic (exact) mass is 348 g/mol. The van der Waals surface area contributed by atoms with E-state index in [9.17, 15) is 14.0 Å². The Morgan fingerprint density at radius 3 is 2.68 bits per heavy atom. The first-order valence-corrected chi connectivity index (χ1v) is 8.16. The van der Waals surface area contributed by atoms with E-state index in [4.69, 9.17) is 16.2 Å². The van der Waals surface area contributed by atoms with Crippen molar-refractivity contribution in [3.63, 3.8) is 0 Å². The lowest BCUT2D eigenvalue weighted by Gasteiger charge is -2.43. The number of aliphatic imine (C=N–C) groups is 1. The number of fused-ring (bicyclic) bond motifs is 1. The normalized spacial score (nSPS) is 35.0. The molecule has 1 saturated heterocycles. The second kappa shape index (κ2) is 5.40. The van der Waals surface area contributed by atoms with Gasteiger partial charge in [0.05, 0.1) is 18.8 Å². The van der Waals surface area contributed by atoms with Crippen LogP contribution < -0.4 is 11.5 Å². The number of anilines is 1. The quantitative estimate of drug-likeness (QED) is 0.803. The molecule has 3 rings (SSSR count). The summed E-state index contributed by atoms with van der Waals surface area (Å²) in [4.78, 5) is 4.52. The van der Waals surface area contributed by atoms with E-state index < -0.39 is 34.5 Å². The van der Waals surface area contributed by atoms with Gasteiger partial charge >= 0.3 is 0 Å². The maximum Gasteiger partial charge on any atom is 0.131 e. The highest BCUT2D eigenvalue weighted by atomic mass is 19.1. The second-order valence-corrected chi connectivity index (χ2v) is 7.71. The molecule has 0 saturated carbocycles. The van der Waals surface area contributed by atoms with E-state index in [2.05, 4.69) is 11.1 Å². The maximum absolute atomic E-state index is 14.8. The van der Waals surface area contributed by atoms with Crippen molar-refractivity contribution < 1.29 is 13.5 Å². The fraction of sp³-hybridized carbons (Fsp3) is 0.556. The summed E-state index contributed by atoms with van der Waals surface area (Å²) >= 11 is 0. The molecule has 5 nitrogen and oxygen atoms in total. The molecule has 2 aliphatic rings. The molecule has 0 spiro atoms. The Labute approximate surface area is 145 Å². The van der Waals surface area contributed by atoms with E-state index in [1.165, 1.54) is 32.0 Å². The van der Waals surface area contributed by atoms with E-state index in [1.807, 2.05) is 0 Å². The third-order valence-corrected chi connectivity index (χ3v) is 5.36. The van der Waals surface area contributed by atoms with Crippen molar-refractivity contribution in [1.82, 2.24) is 0 Å². The molecule has 2 aliphatic heterocycles. The van der Waals surface area contributed by atoms with Gasteiger partial charge in [0.15, 0.2) is 0 Å². The molecule has 0 aliphatic carbocycles. The number of nitriles is 1. The molecule has 1 fully saturated rings. The zero-order chi connectivity index (χ0) is 18.6. The molecule has 25 heavy (non-hydrogen) atoms. The number of rotatable bonds is 2. The van der Waals surface area contributed by atoms with Crippen LogP contribution in [0.3, 0.4) is 0 Å². The first-order valence-electron chi connectivity index (χ1n) is 8.16. The van der Waals surface area contributed by atoms with Crippen LogP contribution >= 0.6 is 0 Å². The average molecular weight is 348 g/mol. The van der Waals surface area contributed by atoms with Crippen molar-refractivity contribution >= 4 is 11.5 Å². The van der Waals surface area contributed by atoms with Gasteiger partial charge in [-0.25, -0.2) is 8.78 Å². The third kappa shape index (κ3) is 2.56. The van der Waals surface area contributed by atoms with Gasteiger partial charge in [-0.05, 0) is 45.4 Å². The lowest BCUT2D eigenvalue weighted by atomic mass is 9.65. The smallest absolute Gasteiger partial charge is 0.131 e. The minimum atomic E-state index is -1.68. The maximum atomic E-state index is 14.8. The van der Waals surface area contributed by atoms with Gasteiger partial charge in [-0.2, -0.15) is 5.26 Å². The topological polar surface area (TPSA) is 97.4 Å². The van der Waals surface area contributed by atoms with Crippen molar-refractivity contribution in [1.29, 1.82) is 5.26 Å². The summed E-state index contributed by atoms with van der Waals surface area (Å²) in [6, 6.07) is 6.36. The first kappa shape index (κ1) is 17.6. The number of nitrogens with zero attached hydrogens (tertiary/aromatic N) is 2. The molecule has 134 valence electrons. The Balaban J connectivity index is 2.24. The number of halogens is 2. The molecule has 0 radical (unpaired) electrons. The zero-order valence-electron chi connectivity index (χ0n) is 14.5. The summed E-state index contributed by atoms with van der Waals surface area (Å²) in [5, 5.41) is 9.54. The third-order valence-electron chi connectivity index (χ3n) is 5.36. The summed E-state index contributed by atoms with van der Waals surface area (Å²) in [5.41, 5.74) is 8.58. The Morgan fingerprint density at radius 2 is 2.08 bits per heavy atom. The number of nitrogens with two attached hydrogens (primary N) is 2. The van der Waals surface area contributed by atoms with Crippen molar-refractivity contribution in [2.75, 3.05) is 12.3 Å². The minimum absolute atomic E-state index is 0.0156. The zero-order valence-corrected chi connectivity index (χ0v) is 14.5. The molecule has 2 heterocycles. The number of nitrogen functional groups attached to an aromatic ring is 1. The summed E-state index contributed by atoms with van der Waals surface area (Å²) in [6.45, 7) is 4.47. The summed E-state index contributed by atoms with van der Waals surface area (Å²) in [7, 11) is 0. The Kier molecular flexibility index (Phi) is 3.80. The van der Waals surface area contributed by atoms with Crippen molar-refractivity contribution in [2.24, 2.45) is 22.1 Å². The van der Waals surface area contributed by atoms with Gasteiger partial charge in [-0.3, -0.25) is 4.99 Å². The Hall–Kier alpha value is -2.20. The van der Waals surface area contributed by atoms with E-state index in [0.29, 0.717) is 5.69 Å². The van der Waals surface area contributed by atoms with Crippen LogP contribution in [-0.2, 0) is 10.3 Å². The highest BCUT2D eigenvalue weighted by Crippen LogP contribution is 2.54. The molecule has 4 atom stereocenters. The summed E-state index contributed by atoms with van der Waals surface area (Å²) < 4.78 is 35.2. The molecule has 1 aromatic carbocycles. The van der Waals surface area contributed by atoms with E-state index in [-0.39, 0.29) is 24.4 Å². The van der Waals surface area contributed by atoms with Crippen LogP contribution in [0.4, 0.5) is 14.5 Å². The first-order chi connectivity index (χ1) is 11.5. The van der Waals surface area contributed by atoms with Gasteiger partial charge in [0.1, 0.15) is 28.3 Å². The lowest BCUT2D eigenvalue weighted by Crippen LogP contribution is -2.52. The Morgan fingerprint density at radius 1 is 1.40 bits per heavy atom. The van der Waals surface area contributed by atoms with Crippen LogP contribution in [0.25, 0.3) is 0 Å². The fourth-order valence-corrected chi connectivity index (χ4v) is 3.96. The molecule has 0 bridgehead atoms. The van der Waals surface area contributed by atoms with Crippen molar-refractivity contribution in [2.45, 2.75) is 44.5 Å². The SMILES string of the molecule is CC(C)(F)[C@H]1OC[C@]2(c3cc(N)ccc3F)N=C(N)[C@](C)(C#N)C[C@H]12. The number of hydrogen-bond donors (Lipinski definition) is 2. The molecule has 0 amide bonds. The highest BCUT2D eigenvalue weighted by Gasteiger charge is 2.61. The molecular weight excluding hydrogens is 326 g/mol. The summed E-state index contributed by atoms with van der Waals surface area (Å²) in [5.74, 6) is -0.938. The average Bonchev–Trinajstić information content (AvgIpc) is 2.89. The van der Waals surface area contributed by atoms with Gasteiger partial charge in [0.2, 0.25) is 0 Å². The minimum Gasteiger partial charge on any atom is -0.399 e. The number of ether oxygens (including phenoxy) is 1. The van der Waals surface area contributed by atoms with Gasteiger partial charge in [-0.15, -0.1) is 0 Å². The van der Waals surface area contributed by atoms with Crippen molar-refractivity contribution in [3.05, 3.63) is 29.6 Å².